The van der Waals surface area contributed by atoms with Gasteiger partial charge in [-0.15, -0.1) is 11.8 Å². The van der Waals surface area contributed by atoms with Crippen molar-refractivity contribution >= 4 is 11.8 Å². The average Bonchev–Trinajstić information content (AvgIpc) is 2.51. The largest absolute Gasteiger partial charge is 0.204 e. The number of fused-ring (bicyclic) bond motifs is 2. The molecular formula is C15H12F2S. The van der Waals surface area contributed by atoms with Gasteiger partial charge in [-0.2, -0.15) is 0 Å². The SMILES string of the molecule is C[C@H]1c2cc(F)c(F)cc2CSc2ccccc21. The van der Waals surface area contributed by atoms with E-state index in [2.05, 4.69) is 12.1 Å². The zero-order chi connectivity index (χ0) is 12.7. The van der Waals surface area contributed by atoms with Gasteiger partial charge >= 0.3 is 0 Å². The Bertz CT molecular complexity index is 607. The molecule has 0 saturated heterocycles. The molecule has 1 heterocycles. The van der Waals surface area contributed by atoms with Gasteiger partial charge in [-0.05, 0) is 34.9 Å². The molecule has 2 aromatic rings. The predicted octanol–water partition coefficient (Wildman–Crippen LogP) is 4.72. The zero-order valence-electron chi connectivity index (χ0n) is 9.91. The van der Waals surface area contributed by atoms with Crippen LogP contribution in [0.25, 0.3) is 0 Å². The highest BCUT2D eigenvalue weighted by Crippen LogP contribution is 2.40. The maximum Gasteiger partial charge on any atom is 0.159 e. The van der Waals surface area contributed by atoms with Crippen molar-refractivity contribution in [3.8, 4) is 0 Å². The molecule has 92 valence electrons. The lowest BCUT2D eigenvalue weighted by Crippen LogP contribution is -2.01. The van der Waals surface area contributed by atoms with Crippen molar-refractivity contribution in [1.29, 1.82) is 0 Å². The number of hydrogen-bond acceptors (Lipinski definition) is 1. The lowest BCUT2D eigenvalue weighted by atomic mass is 9.90. The Morgan fingerprint density at radius 1 is 1.06 bits per heavy atom. The third-order valence-corrected chi connectivity index (χ3v) is 4.56. The van der Waals surface area contributed by atoms with E-state index in [9.17, 15) is 8.78 Å². The summed E-state index contributed by atoms with van der Waals surface area (Å²) in [4.78, 5) is 1.20. The number of rotatable bonds is 0. The number of thioether (sulfide) groups is 1. The Morgan fingerprint density at radius 2 is 1.78 bits per heavy atom. The van der Waals surface area contributed by atoms with Gasteiger partial charge in [-0.25, -0.2) is 8.78 Å². The topological polar surface area (TPSA) is 0 Å². The van der Waals surface area contributed by atoms with Gasteiger partial charge in [0.05, 0.1) is 0 Å². The van der Waals surface area contributed by atoms with Crippen LogP contribution in [-0.4, -0.2) is 0 Å². The summed E-state index contributed by atoms with van der Waals surface area (Å²) in [6, 6.07) is 10.8. The summed E-state index contributed by atoms with van der Waals surface area (Å²) in [5.41, 5.74) is 2.97. The summed E-state index contributed by atoms with van der Waals surface area (Å²) >= 11 is 1.68. The first kappa shape index (κ1) is 11.7. The van der Waals surface area contributed by atoms with Crippen molar-refractivity contribution in [2.24, 2.45) is 0 Å². The molecule has 0 aromatic heterocycles. The van der Waals surface area contributed by atoms with E-state index in [-0.39, 0.29) is 5.92 Å². The van der Waals surface area contributed by atoms with Crippen LogP contribution in [0.2, 0.25) is 0 Å². The minimum Gasteiger partial charge on any atom is -0.204 e. The Balaban J connectivity index is 2.19. The van der Waals surface area contributed by atoms with Gasteiger partial charge in [-0.1, -0.05) is 25.1 Å². The van der Waals surface area contributed by atoms with Gasteiger partial charge in [0.2, 0.25) is 0 Å². The number of halogens is 2. The van der Waals surface area contributed by atoms with Gasteiger partial charge < -0.3 is 0 Å². The van der Waals surface area contributed by atoms with Crippen LogP contribution in [0, 0.1) is 11.6 Å². The molecule has 0 bridgehead atoms. The molecule has 1 atom stereocenters. The van der Waals surface area contributed by atoms with Crippen LogP contribution in [0.1, 0.15) is 29.5 Å². The van der Waals surface area contributed by atoms with Gasteiger partial charge in [0.15, 0.2) is 11.6 Å². The molecule has 18 heavy (non-hydrogen) atoms. The minimum absolute atomic E-state index is 0.0984. The van der Waals surface area contributed by atoms with Crippen molar-refractivity contribution in [1.82, 2.24) is 0 Å². The van der Waals surface area contributed by atoms with Gasteiger partial charge in [-0.3, -0.25) is 0 Å². The predicted molar refractivity (Wildman–Crippen MR) is 69.9 cm³/mol. The van der Waals surface area contributed by atoms with Crippen LogP contribution in [0.3, 0.4) is 0 Å². The van der Waals surface area contributed by atoms with E-state index in [1.165, 1.54) is 22.6 Å². The van der Waals surface area contributed by atoms with E-state index in [0.29, 0.717) is 5.75 Å². The maximum atomic E-state index is 13.4. The lowest BCUT2D eigenvalue weighted by Gasteiger charge is -2.15. The second-order valence-corrected chi connectivity index (χ2v) is 5.53. The number of hydrogen-bond donors (Lipinski definition) is 0. The van der Waals surface area contributed by atoms with E-state index >= 15 is 0 Å². The third kappa shape index (κ3) is 1.83. The molecule has 0 saturated carbocycles. The molecule has 0 nitrogen and oxygen atoms in total. The highest BCUT2D eigenvalue weighted by molar-refractivity contribution is 7.98. The Hall–Kier alpha value is -1.35. The molecule has 0 amide bonds. The van der Waals surface area contributed by atoms with Crippen molar-refractivity contribution in [2.45, 2.75) is 23.5 Å². The molecular weight excluding hydrogens is 250 g/mol. The summed E-state index contributed by atoms with van der Waals surface area (Å²) in [7, 11) is 0. The molecule has 0 N–H and O–H groups in total. The average molecular weight is 262 g/mol. The number of benzene rings is 2. The van der Waals surface area contributed by atoms with Gasteiger partial charge in [0.25, 0.3) is 0 Å². The van der Waals surface area contributed by atoms with E-state index in [1.54, 1.807) is 11.8 Å². The van der Waals surface area contributed by atoms with E-state index in [4.69, 9.17) is 0 Å². The highest BCUT2D eigenvalue weighted by atomic mass is 32.2. The Labute approximate surface area is 109 Å². The van der Waals surface area contributed by atoms with Gasteiger partial charge in [0.1, 0.15) is 0 Å². The van der Waals surface area contributed by atoms with Crippen molar-refractivity contribution < 1.29 is 8.78 Å². The second kappa shape index (κ2) is 4.39. The molecule has 2 aromatic carbocycles. The zero-order valence-corrected chi connectivity index (χ0v) is 10.7. The van der Waals surface area contributed by atoms with Crippen LogP contribution in [0.4, 0.5) is 8.78 Å². The fraction of sp³-hybridized carbons (Fsp3) is 0.200. The quantitative estimate of drug-likeness (QED) is 0.662. The minimum atomic E-state index is -0.759. The van der Waals surface area contributed by atoms with E-state index in [1.807, 2.05) is 19.1 Å². The van der Waals surface area contributed by atoms with Crippen LogP contribution in [-0.2, 0) is 5.75 Å². The van der Waals surface area contributed by atoms with Crippen LogP contribution >= 0.6 is 11.8 Å². The fourth-order valence-corrected chi connectivity index (χ4v) is 3.57. The Kier molecular flexibility index (Phi) is 2.86. The van der Waals surface area contributed by atoms with Crippen LogP contribution < -0.4 is 0 Å². The van der Waals surface area contributed by atoms with Crippen LogP contribution in [0.15, 0.2) is 41.3 Å². The van der Waals surface area contributed by atoms with Crippen molar-refractivity contribution in [2.75, 3.05) is 0 Å². The summed E-state index contributed by atoms with van der Waals surface area (Å²) in [6.45, 7) is 2.04. The van der Waals surface area contributed by atoms with Gasteiger partial charge in [0, 0.05) is 16.6 Å². The monoisotopic (exact) mass is 262 g/mol. The summed E-state index contributed by atoms with van der Waals surface area (Å²) in [6.07, 6.45) is 0. The first-order valence-corrected chi connectivity index (χ1v) is 6.85. The normalized spacial score (nSPS) is 17.8. The standard InChI is InChI=1S/C15H12F2S/c1-9-11-4-2-3-5-15(11)18-8-10-6-13(16)14(17)7-12(9)10/h2-7,9H,8H2,1H3/t9-/m1/s1. The molecule has 0 aliphatic carbocycles. The molecule has 0 fully saturated rings. The maximum absolute atomic E-state index is 13.4. The second-order valence-electron chi connectivity index (χ2n) is 4.51. The summed E-state index contributed by atoms with van der Waals surface area (Å²) in [5, 5.41) is 0. The lowest BCUT2D eigenvalue weighted by molar-refractivity contribution is 0.505. The molecule has 0 spiro atoms. The molecule has 0 unspecified atom stereocenters. The molecule has 3 heteroatoms. The summed E-state index contributed by atoms with van der Waals surface area (Å²) in [5.74, 6) is -0.729. The van der Waals surface area contributed by atoms with E-state index < -0.39 is 11.6 Å². The smallest absolute Gasteiger partial charge is 0.159 e. The van der Waals surface area contributed by atoms with Crippen molar-refractivity contribution in [3.63, 3.8) is 0 Å². The molecule has 1 aliphatic heterocycles. The van der Waals surface area contributed by atoms with Crippen molar-refractivity contribution in [3.05, 3.63) is 64.7 Å². The van der Waals surface area contributed by atoms with E-state index in [0.717, 1.165) is 11.1 Å². The summed E-state index contributed by atoms with van der Waals surface area (Å²) < 4.78 is 26.7. The Morgan fingerprint density at radius 3 is 2.61 bits per heavy atom. The highest BCUT2D eigenvalue weighted by Gasteiger charge is 2.22. The molecule has 1 aliphatic rings. The van der Waals surface area contributed by atoms with Crippen LogP contribution in [0.5, 0.6) is 0 Å². The molecule has 0 radical (unpaired) electrons. The third-order valence-electron chi connectivity index (χ3n) is 3.42. The molecule has 3 rings (SSSR count). The first-order valence-electron chi connectivity index (χ1n) is 5.86. The fourth-order valence-electron chi connectivity index (χ4n) is 2.42. The first-order chi connectivity index (χ1) is 8.66.